The van der Waals surface area contributed by atoms with Gasteiger partial charge in [-0.05, 0) is 44.5 Å². The molecule has 2 aliphatic carbocycles. The fraction of sp³-hybridized carbons (Fsp3) is 0.632. The van der Waals surface area contributed by atoms with E-state index in [9.17, 15) is 9.90 Å². The molecule has 2 fully saturated rings. The number of aromatic hydroxyl groups is 1. The van der Waals surface area contributed by atoms with Crippen LogP contribution in [0.15, 0.2) is 12.1 Å². The lowest BCUT2D eigenvalue weighted by Gasteiger charge is -2.64. The number of likely N-dealkylation sites (N-methyl/N-ethyl adjacent to an activating group) is 1. The van der Waals surface area contributed by atoms with Crippen LogP contribution in [0.25, 0.3) is 0 Å². The van der Waals surface area contributed by atoms with Crippen molar-refractivity contribution >= 4 is 5.78 Å². The number of nitrogens with zero attached hydrogens (tertiary/aromatic N) is 1. The number of phenols is 1. The normalized spacial score (nSPS) is 35.3. The zero-order chi connectivity index (χ0) is 17.1. The number of rotatable bonds is 2. The van der Waals surface area contributed by atoms with Gasteiger partial charge in [0.15, 0.2) is 11.5 Å². The monoisotopic (exact) mass is 331 g/mol. The third-order valence-corrected chi connectivity index (χ3v) is 6.75. The van der Waals surface area contributed by atoms with Gasteiger partial charge in [0.2, 0.25) is 0 Å². The number of ketones is 1. The molecule has 1 aromatic rings. The van der Waals surface area contributed by atoms with E-state index in [0.717, 1.165) is 30.5 Å². The number of Topliss-reactive ketones (excluding diaryl/α,β-unsaturated/α-hetero) is 1. The SMILES string of the molecule is COc1ccc2c(c1O)[C@]13CCN(C)[C@H](C2)C1(OC)CCC(=O)C3. The minimum atomic E-state index is -0.458. The van der Waals surface area contributed by atoms with E-state index in [-0.39, 0.29) is 17.6 Å². The molecule has 24 heavy (non-hydrogen) atoms. The first-order valence-electron chi connectivity index (χ1n) is 8.65. The molecule has 4 rings (SSSR count). The van der Waals surface area contributed by atoms with Crippen molar-refractivity contribution in [2.75, 3.05) is 27.8 Å². The Balaban J connectivity index is 2.02. The van der Waals surface area contributed by atoms with Gasteiger partial charge in [0, 0.05) is 37.0 Å². The molecule has 1 aromatic carbocycles. The summed E-state index contributed by atoms with van der Waals surface area (Å²) >= 11 is 0. The van der Waals surface area contributed by atoms with Gasteiger partial charge in [-0.25, -0.2) is 0 Å². The van der Waals surface area contributed by atoms with Crippen LogP contribution in [0.2, 0.25) is 0 Å². The number of hydrogen-bond donors (Lipinski definition) is 1. The lowest BCUT2D eigenvalue weighted by molar-refractivity contribution is -0.183. The molecule has 5 heteroatoms. The Morgan fingerprint density at radius 3 is 2.79 bits per heavy atom. The van der Waals surface area contributed by atoms with E-state index in [1.807, 2.05) is 12.1 Å². The van der Waals surface area contributed by atoms with Crippen LogP contribution in [-0.4, -0.2) is 55.2 Å². The van der Waals surface area contributed by atoms with Crippen LogP contribution >= 0.6 is 0 Å². The number of ether oxygens (including phenoxy) is 2. The minimum Gasteiger partial charge on any atom is -0.504 e. The Morgan fingerprint density at radius 2 is 2.08 bits per heavy atom. The highest BCUT2D eigenvalue weighted by Gasteiger charge is 2.66. The first-order chi connectivity index (χ1) is 11.5. The van der Waals surface area contributed by atoms with E-state index >= 15 is 0 Å². The van der Waals surface area contributed by atoms with E-state index in [0.29, 0.717) is 25.0 Å². The zero-order valence-corrected chi connectivity index (χ0v) is 14.6. The number of methoxy groups -OCH3 is 2. The molecule has 1 heterocycles. The molecule has 0 aromatic heterocycles. The van der Waals surface area contributed by atoms with Gasteiger partial charge in [0.25, 0.3) is 0 Å². The van der Waals surface area contributed by atoms with Crippen LogP contribution in [-0.2, 0) is 21.4 Å². The van der Waals surface area contributed by atoms with Crippen molar-refractivity contribution < 1.29 is 19.4 Å². The maximum absolute atomic E-state index is 12.4. The molecule has 1 unspecified atom stereocenters. The van der Waals surface area contributed by atoms with Gasteiger partial charge in [-0.3, -0.25) is 4.79 Å². The summed E-state index contributed by atoms with van der Waals surface area (Å²) in [5, 5.41) is 10.9. The minimum absolute atomic E-state index is 0.189. The quantitative estimate of drug-likeness (QED) is 0.899. The fourth-order valence-corrected chi connectivity index (χ4v) is 5.67. The molecule has 1 saturated carbocycles. The summed E-state index contributed by atoms with van der Waals surface area (Å²) in [7, 11) is 5.47. The Morgan fingerprint density at radius 1 is 1.29 bits per heavy atom. The summed E-state index contributed by atoms with van der Waals surface area (Å²) in [6.07, 6.45) is 3.35. The van der Waals surface area contributed by atoms with Crippen molar-refractivity contribution in [2.45, 2.75) is 49.2 Å². The Labute approximate surface area is 142 Å². The number of phenolic OH excluding ortho intramolecular Hbond substituents is 1. The number of likely N-dealkylation sites (tertiary alicyclic amines) is 1. The molecule has 0 radical (unpaired) electrons. The number of carbonyl (C=O) groups excluding carboxylic acids is 1. The van der Waals surface area contributed by atoms with Crippen molar-refractivity contribution in [1.82, 2.24) is 4.90 Å². The number of piperidine rings is 1. The first-order valence-corrected chi connectivity index (χ1v) is 8.65. The van der Waals surface area contributed by atoms with Gasteiger partial charge < -0.3 is 19.5 Å². The number of benzene rings is 1. The fourth-order valence-electron chi connectivity index (χ4n) is 5.67. The van der Waals surface area contributed by atoms with E-state index in [1.54, 1.807) is 14.2 Å². The van der Waals surface area contributed by atoms with E-state index in [2.05, 4.69) is 11.9 Å². The molecule has 1 aliphatic heterocycles. The van der Waals surface area contributed by atoms with E-state index < -0.39 is 11.0 Å². The molecule has 1 N–H and O–H groups in total. The topological polar surface area (TPSA) is 59.0 Å². The summed E-state index contributed by atoms with van der Waals surface area (Å²) < 4.78 is 11.6. The number of hydrogen-bond acceptors (Lipinski definition) is 5. The summed E-state index contributed by atoms with van der Waals surface area (Å²) in [5.41, 5.74) is 1.12. The summed E-state index contributed by atoms with van der Waals surface area (Å²) in [5.74, 6) is 0.929. The average molecular weight is 331 g/mol. The van der Waals surface area contributed by atoms with E-state index in [1.165, 1.54) is 0 Å². The predicted molar refractivity (Wildman–Crippen MR) is 89.7 cm³/mol. The second-order valence-electron chi connectivity index (χ2n) is 7.49. The maximum Gasteiger partial charge on any atom is 0.161 e. The summed E-state index contributed by atoms with van der Waals surface area (Å²) in [6, 6.07) is 4.09. The van der Waals surface area contributed by atoms with Gasteiger partial charge in [-0.15, -0.1) is 0 Å². The highest BCUT2D eigenvalue weighted by molar-refractivity contribution is 5.83. The Hall–Kier alpha value is -1.59. The third kappa shape index (κ3) is 1.74. The molecule has 0 amide bonds. The van der Waals surface area contributed by atoms with Crippen molar-refractivity contribution in [1.29, 1.82) is 0 Å². The first kappa shape index (κ1) is 15.9. The van der Waals surface area contributed by atoms with Crippen LogP contribution in [0, 0.1) is 0 Å². The van der Waals surface area contributed by atoms with Gasteiger partial charge in [0.05, 0.1) is 12.7 Å². The summed E-state index contributed by atoms with van der Waals surface area (Å²) in [6.45, 7) is 0.902. The molecule has 1 saturated heterocycles. The van der Waals surface area contributed by atoms with Gasteiger partial charge in [0.1, 0.15) is 5.78 Å². The largest absolute Gasteiger partial charge is 0.504 e. The zero-order valence-electron chi connectivity index (χ0n) is 14.6. The predicted octanol–water partition coefficient (Wildman–Crippen LogP) is 2.04. The lowest BCUT2D eigenvalue weighted by Crippen LogP contribution is -2.73. The number of carbonyl (C=O) groups is 1. The lowest BCUT2D eigenvalue weighted by atomic mass is 9.49. The second kappa shape index (κ2) is 5.20. The Bertz CT molecular complexity index is 703. The van der Waals surface area contributed by atoms with Crippen LogP contribution < -0.4 is 4.74 Å². The molecule has 2 bridgehead atoms. The Kier molecular flexibility index (Phi) is 3.45. The highest BCUT2D eigenvalue weighted by atomic mass is 16.5. The third-order valence-electron chi connectivity index (χ3n) is 6.75. The maximum atomic E-state index is 12.4. The van der Waals surface area contributed by atoms with Crippen LogP contribution in [0.5, 0.6) is 11.5 Å². The van der Waals surface area contributed by atoms with Crippen LogP contribution in [0.3, 0.4) is 0 Å². The van der Waals surface area contributed by atoms with Crippen molar-refractivity contribution in [3.05, 3.63) is 23.3 Å². The van der Waals surface area contributed by atoms with Gasteiger partial charge in [-0.2, -0.15) is 0 Å². The molecular formula is C19H25NO4. The average Bonchev–Trinajstić information content (AvgIpc) is 2.58. The molecule has 130 valence electrons. The molecule has 3 aliphatic rings. The smallest absolute Gasteiger partial charge is 0.161 e. The van der Waals surface area contributed by atoms with Crippen molar-refractivity contribution in [2.24, 2.45) is 0 Å². The van der Waals surface area contributed by atoms with E-state index in [4.69, 9.17) is 9.47 Å². The van der Waals surface area contributed by atoms with Crippen LogP contribution in [0.1, 0.15) is 36.8 Å². The van der Waals surface area contributed by atoms with Crippen LogP contribution in [0.4, 0.5) is 0 Å². The molecular weight excluding hydrogens is 306 g/mol. The van der Waals surface area contributed by atoms with Crippen molar-refractivity contribution in [3.63, 3.8) is 0 Å². The molecule has 5 nitrogen and oxygen atoms in total. The number of fused-ring (bicyclic) bond motifs is 1. The standard InChI is InChI=1S/C19H25NO4/c1-20-9-8-18-11-13(21)6-7-19(18,24-3)15(20)10-12-4-5-14(23-2)17(22)16(12)18/h4-5,15,22H,6-11H2,1-3H3/t15-,18-,19?/m1/s1. The highest BCUT2D eigenvalue weighted by Crippen LogP contribution is 2.61. The van der Waals surface area contributed by atoms with Gasteiger partial charge in [-0.1, -0.05) is 6.07 Å². The summed E-state index contributed by atoms with van der Waals surface area (Å²) in [4.78, 5) is 14.8. The van der Waals surface area contributed by atoms with Crippen molar-refractivity contribution in [3.8, 4) is 11.5 Å². The second-order valence-corrected chi connectivity index (χ2v) is 7.49. The van der Waals surface area contributed by atoms with Gasteiger partial charge >= 0.3 is 0 Å². The molecule has 0 spiro atoms. The molecule has 3 atom stereocenters.